The lowest BCUT2D eigenvalue weighted by Gasteiger charge is -2.04. The van der Waals surface area contributed by atoms with Gasteiger partial charge in [-0.3, -0.25) is 4.79 Å². The average Bonchev–Trinajstić information content (AvgIpc) is 2.87. The van der Waals surface area contributed by atoms with E-state index in [9.17, 15) is 4.79 Å². The van der Waals surface area contributed by atoms with Crippen molar-refractivity contribution in [2.45, 2.75) is 26.3 Å². The van der Waals surface area contributed by atoms with Crippen LogP contribution in [0.15, 0.2) is 42.7 Å². The highest BCUT2D eigenvalue weighted by Gasteiger charge is 2.02. The summed E-state index contributed by atoms with van der Waals surface area (Å²) in [6, 6.07) is 10.2. The number of carbonyl (C=O) groups excluding carboxylic acids is 1. The summed E-state index contributed by atoms with van der Waals surface area (Å²) in [7, 11) is 0. The van der Waals surface area contributed by atoms with Crippen LogP contribution in [-0.4, -0.2) is 10.9 Å². The summed E-state index contributed by atoms with van der Waals surface area (Å²) in [6.07, 6.45) is 5.07. The predicted octanol–water partition coefficient (Wildman–Crippen LogP) is 2.57. The van der Waals surface area contributed by atoms with E-state index < -0.39 is 0 Å². The first-order chi connectivity index (χ1) is 8.74. The molecule has 94 valence electrons. The second-order valence-corrected chi connectivity index (χ2v) is 4.49. The van der Waals surface area contributed by atoms with Gasteiger partial charge in [-0.05, 0) is 30.5 Å². The molecule has 0 radical (unpaired) electrons. The summed E-state index contributed by atoms with van der Waals surface area (Å²) in [5, 5.41) is 2.91. The third-order valence-corrected chi connectivity index (χ3v) is 2.88. The first-order valence-electron chi connectivity index (χ1n) is 6.18. The molecule has 0 spiro atoms. The molecule has 1 aromatic heterocycles. The molecule has 1 aromatic carbocycles. The molecule has 1 amide bonds. The van der Waals surface area contributed by atoms with Gasteiger partial charge in [0.15, 0.2) is 0 Å². The van der Waals surface area contributed by atoms with Crippen molar-refractivity contribution in [2.24, 2.45) is 0 Å². The lowest BCUT2D eigenvalue weighted by atomic mass is 10.1. The minimum Gasteiger partial charge on any atom is -0.367 e. The summed E-state index contributed by atoms with van der Waals surface area (Å²) in [6.45, 7) is 2.66. The number of benzene rings is 1. The molecule has 3 nitrogen and oxygen atoms in total. The van der Waals surface area contributed by atoms with Crippen LogP contribution in [-0.2, 0) is 17.8 Å². The summed E-state index contributed by atoms with van der Waals surface area (Å²) >= 11 is 0. The first kappa shape index (κ1) is 12.4. The van der Waals surface area contributed by atoms with Crippen LogP contribution in [0.3, 0.4) is 0 Å². The fourth-order valence-electron chi connectivity index (χ4n) is 1.88. The maximum Gasteiger partial charge on any atom is 0.220 e. The molecule has 0 bridgehead atoms. The Balaban J connectivity index is 1.75. The third kappa shape index (κ3) is 3.77. The number of H-pyrrole nitrogens is 1. The summed E-state index contributed by atoms with van der Waals surface area (Å²) < 4.78 is 0. The van der Waals surface area contributed by atoms with Crippen LogP contribution in [0.1, 0.15) is 23.1 Å². The highest BCUT2D eigenvalue weighted by Crippen LogP contribution is 2.06. The Hall–Kier alpha value is -2.03. The molecule has 2 aromatic rings. The maximum atomic E-state index is 11.7. The Kier molecular flexibility index (Phi) is 4.18. The quantitative estimate of drug-likeness (QED) is 0.831. The lowest BCUT2D eigenvalue weighted by molar-refractivity contribution is -0.121. The number of rotatable bonds is 5. The van der Waals surface area contributed by atoms with Gasteiger partial charge in [0.25, 0.3) is 0 Å². The molecule has 0 aliphatic heterocycles. The van der Waals surface area contributed by atoms with Crippen molar-refractivity contribution < 1.29 is 4.79 Å². The molecule has 0 saturated heterocycles. The zero-order valence-electron chi connectivity index (χ0n) is 10.6. The smallest absolute Gasteiger partial charge is 0.220 e. The second kappa shape index (κ2) is 6.05. The standard InChI is InChI=1S/C15H18N2O/c1-12-3-2-4-13(9-12)5-6-15(18)17-11-14-7-8-16-10-14/h2-4,7-10,16H,5-6,11H2,1H3,(H,17,18). The van der Waals surface area contributed by atoms with Crippen LogP contribution in [0.5, 0.6) is 0 Å². The number of carbonyl (C=O) groups is 1. The normalized spacial score (nSPS) is 10.3. The van der Waals surface area contributed by atoms with Gasteiger partial charge in [0.05, 0.1) is 0 Å². The molecule has 0 fully saturated rings. The number of nitrogens with one attached hydrogen (secondary N) is 2. The summed E-state index contributed by atoms with van der Waals surface area (Å²) in [5.41, 5.74) is 3.55. The number of aromatic nitrogens is 1. The zero-order valence-corrected chi connectivity index (χ0v) is 10.6. The lowest BCUT2D eigenvalue weighted by Crippen LogP contribution is -2.22. The third-order valence-electron chi connectivity index (χ3n) is 2.88. The predicted molar refractivity (Wildman–Crippen MR) is 72.1 cm³/mol. The van der Waals surface area contributed by atoms with E-state index in [-0.39, 0.29) is 5.91 Å². The van der Waals surface area contributed by atoms with Gasteiger partial charge in [-0.25, -0.2) is 0 Å². The van der Waals surface area contributed by atoms with E-state index in [2.05, 4.69) is 35.4 Å². The summed E-state index contributed by atoms with van der Waals surface area (Å²) in [4.78, 5) is 14.6. The van der Waals surface area contributed by atoms with E-state index in [0.29, 0.717) is 13.0 Å². The number of hydrogen-bond acceptors (Lipinski definition) is 1. The Morgan fingerprint density at radius 3 is 2.89 bits per heavy atom. The molecule has 0 atom stereocenters. The van der Waals surface area contributed by atoms with Crippen molar-refractivity contribution in [1.82, 2.24) is 10.3 Å². The van der Waals surface area contributed by atoms with Gasteiger partial charge in [-0.15, -0.1) is 0 Å². The summed E-state index contributed by atoms with van der Waals surface area (Å²) in [5.74, 6) is 0.0951. The fraction of sp³-hybridized carbons (Fsp3) is 0.267. The van der Waals surface area contributed by atoms with E-state index >= 15 is 0 Å². The topological polar surface area (TPSA) is 44.9 Å². The Bertz CT molecular complexity index is 503. The van der Waals surface area contributed by atoms with Crippen molar-refractivity contribution in [3.05, 3.63) is 59.4 Å². The Morgan fingerprint density at radius 2 is 2.17 bits per heavy atom. The molecule has 0 saturated carbocycles. The molecule has 18 heavy (non-hydrogen) atoms. The van der Waals surface area contributed by atoms with Crippen molar-refractivity contribution in [2.75, 3.05) is 0 Å². The fourth-order valence-corrected chi connectivity index (χ4v) is 1.88. The van der Waals surface area contributed by atoms with Crippen molar-refractivity contribution >= 4 is 5.91 Å². The van der Waals surface area contributed by atoms with Gasteiger partial charge in [0.1, 0.15) is 0 Å². The molecule has 1 heterocycles. The molecule has 0 unspecified atom stereocenters. The second-order valence-electron chi connectivity index (χ2n) is 4.49. The van der Waals surface area contributed by atoms with Gasteiger partial charge in [0, 0.05) is 25.4 Å². The van der Waals surface area contributed by atoms with Crippen LogP contribution in [0.25, 0.3) is 0 Å². The number of hydrogen-bond donors (Lipinski definition) is 2. The van der Waals surface area contributed by atoms with Crippen LogP contribution in [0.2, 0.25) is 0 Å². The average molecular weight is 242 g/mol. The van der Waals surface area contributed by atoms with E-state index in [4.69, 9.17) is 0 Å². The van der Waals surface area contributed by atoms with Gasteiger partial charge < -0.3 is 10.3 Å². The maximum absolute atomic E-state index is 11.7. The molecular weight excluding hydrogens is 224 g/mol. The van der Waals surface area contributed by atoms with E-state index in [1.807, 2.05) is 24.5 Å². The number of aryl methyl sites for hydroxylation is 2. The highest BCUT2D eigenvalue weighted by atomic mass is 16.1. The molecule has 2 N–H and O–H groups in total. The molecule has 0 aliphatic carbocycles. The van der Waals surface area contributed by atoms with Crippen LogP contribution in [0, 0.1) is 6.92 Å². The molecule has 3 heteroatoms. The highest BCUT2D eigenvalue weighted by molar-refractivity contribution is 5.76. The van der Waals surface area contributed by atoms with E-state index in [0.717, 1.165) is 12.0 Å². The Labute approximate surface area is 107 Å². The monoisotopic (exact) mass is 242 g/mol. The SMILES string of the molecule is Cc1cccc(CCC(=O)NCc2cc[nH]c2)c1. The van der Waals surface area contributed by atoms with E-state index in [1.165, 1.54) is 11.1 Å². The van der Waals surface area contributed by atoms with Gasteiger partial charge >= 0.3 is 0 Å². The zero-order chi connectivity index (χ0) is 12.8. The van der Waals surface area contributed by atoms with Crippen molar-refractivity contribution in [3.63, 3.8) is 0 Å². The van der Waals surface area contributed by atoms with Crippen molar-refractivity contribution in [3.8, 4) is 0 Å². The van der Waals surface area contributed by atoms with Gasteiger partial charge in [-0.1, -0.05) is 29.8 Å². The van der Waals surface area contributed by atoms with Gasteiger partial charge in [-0.2, -0.15) is 0 Å². The molecule has 2 rings (SSSR count). The van der Waals surface area contributed by atoms with Gasteiger partial charge in [0.2, 0.25) is 5.91 Å². The Morgan fingerprint density at radius 1 is 1.28 bits per heavy atom. The van der Waals surface area contributed by atoms with Crippen LogP contribution < -0.4 is 5.32 Å². The van der Waals surface area contributed by atoms with Crippen molar-refractivity contribution in [1.29, 1.82) is 0 Å². The minimum atomic E-state index is 0.0951. The van der Waals surface area contributed by atoms with Crippen LogP contribution >= 0.6 is 0 Å². The molecular formula is C15H18N2O. The number of aromatic amines is 1. The largest absolute Gasteiger partial charge is 0.367 e. The molecule has 0 aliphatic rings. The first-order valence-corrected chi connectivity index (χ1v) is 6.18. The van der Waals surface area contributed by atoms with E-state index in [1.54, 1.807) is 0 Å². The minimum absolute atomic E-state index is 0.0951. The number of amides is 1. The van der Waals surface area contributed by atoms with Crippen LogP contribution in [0.4, 0.5) is 0 Å².